The van der Waals surface area contributed by atoms with E-state index in [2.05, 4.69) is 16.0 Å². The van der Waals surface area contributed by atoms with Gasteiger partial charge in [0.2, 0.25) is 17.7 Å². The van der Waals surface area contributed by atoms with Crippen LogP contribution in [-0.4, -0.2) is 30.8 Å². The van der Waals surface area contributed by atoms with E-state index in [9.17, 15) is 14.4 Å². The quantitative estimate of drug-likeness (QED) is 0.638. The Bertz CT molecular complexity index is 612. The Morgan fingerprint density at radius 2 is 1.71 bits per heavy atom. The van der Waals surface area contributed by atoms with E-state index in [1.807, 2.05) is 27.7 Å². The van der Waals surface area contributed by atoms with Crippen LogP contribution in [0.4, 0.5) is 11.4 Å². The minimum Gasteiger partial charge on any atom is -0.346 e. The number of amides is 3. The molecule has 0 unspecified atom stereocenters. The number of aryl methyl sites for hydroxylation is 1. The maximum atomic E-state index is 12.1. The second-order valence-electron chi connectivity index (χ2n) is 6.26. The fraction of sp³-hybridized carbons (Fsp3) is 0.438. The van der Waals surface area contributed by atoms with E-state index in [0.29, 0.717) is 11.4 Å². The molecule has 0 aliphatic rings. The van der Waals surface area contributed by atoms with Crippen LogP contribution in [0, 0.1) is 12.3 Å². The molecule has 0 atom stereocenters. The predicted molar refractivity (Wildman–Crippen MR) is 97.2 cm³/mol. The van der Waals surface area contributed by atoms with Crippen LogP contribution in [0.1, 0.15) is 26.3 Å². The van der Waals surface area contributed by atoms with E-state index in [0.717, 1.165) is 5.56 Å². The van der Waals surface area contributed by atoms with Gasteiger partial charge in [-0.05, 0) is 24.6 Å². The number of benzene rings is 1. The molecule has 1 rings (SSSR count). The van der Waals surface area contributed by atoms with Gasteiger partial charge in [-0.15, -0.1) is 12.4 Å². The van der Waals surface area contributed by atoms with E-state index >= 15 is 0 Å². The monoisotopic (exact) mass is 356 g/mol. The lowest BCUT2D eigenvalue weighted by molar-refractivity contribution is -0.123. The Morgan fingerprint density at radius 1 is 1.08 bits per heavy atom. The molecule has 8 heteroatoms. The second-order valence-corrected chi connectivity index (χ2v) is 6.26. The number of nitrogens with two attached hydrogens (primary N) is 1. The summed E-state index contributed by atoms with van der Waals surface area (Å²) in [5, 5.41) is 7.89. The van der Waals surface area contributed by atoms with Gasteiger partial charge >= 0.3 is 0 Å². The van der Waals surface area contributed by atoms with E-state index in [-0.39, 0.29) is 37.3 Å². The van der Waals surface area contributed by atoms with Crippen molar-refractivity contribution >= 4 is 41.5 Å². The van der Waals surface area contributed by atoms with Gasteiger partial charge in [0.05, 0.1) is 13.1 Å². The topological polar surface area (TPSA) is 113 Å². The molecule has 134 valence electrons. The summed E-state index contributed by atoms with van der Waals surface area (Å²) < 4.78 is 0. The first-order valence-electron chi connectivity index (χ1n) is 7.32. The number of carbonyl (C=O) groups is 3. The van der Waals surface area contributed by atoms with Crippen LogP contribution >= 0.6 is 12.4 Å². The summed E-state index contributed by atoms with van der Waals surface area (Å²) in [6.07, 6.45) is 0. The molecule has 0 saturated heterocycles. The molecule has 0 bridgehead atoms. The number of carbonyl (C=O) groups excluding carboxylic acids is 3. The molecule has 0 heterocycles. The van der Waals surface area contributed by atoms with Crippen molar-refractivity contribution < 1.29 is 14.4 Å². The van der Waals surface area contributed by atoms with Crippen LogP contribution in [0.15, 0.2) is 18.2 Å². The maximum Gasteiger partial charge on any atom is 0.243 e. The highest BCUT2D eigenvalue weighted by molar-refractivity contribution is 5.98. The summed E-state index contributed by atoms with van der Waals surface area (Å²) in [5.41, 5.74) is 6.68. The molecule has 0 saturated carbocycles. The smallest absolute Gasteiger partial charge is 0.243 e. The molecule has 0 fully saturated rings. The Labute approximate surface area is 148 Å². The fourth-order valence-electron chi connectivity index (χ4n) is 1.60. The van der Waals surface area contributed by atoms with E-state index < -0.39 is 11.3 Å². The van der Waals surface area contributed by atoms with Crippen LogP contribution < -0.4 is 21.7 Å². The first-order chi connectivity index (χ1) is 10.6. The zero-order chi connectivity index (χ0) is 17.6. The molecule has 3 amide bonds. The summed E-state index contributed by atoms with van der Waals surface area (Å²) in [4.78, 5) is 34.8. The Kier molecular flexibility index (Phi) is 8.43. The van der Waals surface area contributed by atoms with Gasteiger partial charge in [0.1, 0.15) is 0 Å². The third-order valence-electron chi connectivity index (χ3n) is 3.08. The van der Waals surface area contributed by atoms with Crippen molar-refractivity contribution in [3.8, 4) is 0 Å². The number of hydrogen-bond donors (Lipinski definition) is 4. The largest absolute Gasteiger partial charge is 0.346 e. The van der Waals surface area contributed by atoms with Crippen LogP contribution in [0.2, 0.25) is 0 Å². The second kappa shape index (κ2) is 9.24. The molecule has 0 aromatic heterocycles. The number of anilines is 2. The summed E-state index contributed by atoms with van der Waals surface area (Å²) in [6.45, 7) is 7.01. The molecule has 0 aliphatic heterocycles. The highest BCUT2D eigenvalue weighted by Gasteiger charge is 2.21. The van der Waals surface area contributed by atoms with Crippen molar-refractivity contribution in [1.82, 2.24) is 5.32 Å². The Balaban J connectivity index is 0.00000529. The van der Waals surface area contributed by atoms with E-state index in [1.54, 1.807) is 18.2 Å². The van der Waals surface area contributed by atoms with Gasteiger partial charge in [0.15, 0.2) is 0 Å². The highest BCUT2D eigenvalue weighted by Crippen LogP contribution is 2.23. The lowest BCUT2D eigenvalue weighted by Crippen LogP contribution is -2.36. The van der Waals surface area contributed by atoms with Gasteiger partial charge in [-0.3, -0.25) is 14.4 Å². The van der Waals surface area contributed by atoms with Gasteiger partial charge in [0.25, 0.3) is 0 Å². The van der Waals surface area contributed by atoms with Gasteiger partial charge in [-0.1, -0.05) is 26.8 Å². The fourth-order valence-corrected chi connectivity index (χ4v) is 1.60. The number of rotatable bonds is 5. The normalized spacial score (nSPS) is 10.4. The zero-order valence-corrected chi connectivity index (χ0v) is 15.2. The number of nitrogens with one attached hydrogen (secondary N) is 3. The first kappa shape index (κ1) is 21.9. The third-order valence-corrected chi connectivity index (χ3v) is 3.08. The van der Waals surface area contributed by atoms with Crippen LogP contribution in [-0.2, 0) is 14.4 Å². The standard InChI is InChI=1S/C16H24N4O3.ClH/c1-10-5-6-11(19-14(22)9-18-13(21)8-17)7-12(10)20-15(23)16(2,3)4;/h5-7H,8-9,17H2,1-4H3,(H,18,21)(H,19,22)(H,20,23);1H. The van der Waals surface area contributed by atoms with Crippen molar-refractivity contribution in [2.45, 2.75) is 27.7 Å². The average molecular weight is 357 g/mol. The molecular weight excluding hydrogens is 332 g/mol. The molecule has 7 nitrogen and oxygen atoms in total. The molecule has 24 heavy (non-hydrogen) atoms. The van der Waals surface area contributed by atoms with Gasteiger partial charge in [0, 0.05) is 16.8 Å². The molecule has 0 radical (unpaired) electrons. The van der Waals surface area contributed by atoms with Crippen molar-refractivity contribution in [1.29, 1.82) is 0 Å². The minimum absolute atomic E-state index is 0. The van der Waals surface area contributed by atoms with E-state index in [4.69, 9.17) is 5.73 Å². The van der Waals surface area contributed by atoms with Crippen LogP contribution in [0.5, 0.6) is 0 Å². The van der Waals surface area contributed by atoms with Crippen LogP contribution in [0.25, 0.3) is 0 Å². The summed E-state index contributed by atoms with van der Waals surface area (Å²) in [5.74, 6) is -0.884. The summed E-state index contributed by atoms with van der Waals surface area (Å²) in [6, 6.07) is 5.21. The molecule has 0 aliphatic carbocycles. The lowest BCUT2D eigenvalue weighted by atomic mass is 9.95. The highest BCUT2D eigenvalue weighted by atomic mass is 35.5. The average Bonchev–Trinajstić information content (AvgIpc) is 2.47. The van der Waals surface area contributed by atoms with Crippen LogP contribution in [0.3, 0.4) is 0 Å². The van der Waals surface area contributed by atoms with Gasteiger partial charge < -0.3 is 21.7 Å². The van der Waals surface area contributed by atoms with E-state index in [1.165, 1.54) is 0 Å². The lowest BCUT2D eigenvalue weighted by Gasteiger charge is -2.19. The molecule has 1 aromatic rings. The maximum absolute atomic E-state index is 12.1. The Hall–Kier alpha value is -2.12. The van der Waals surface area contributed by atoms with Crippen molar-refractivity contribution in [2.75, 3.05) is 23.7 Å². The predicted octanol–water partition coefficient (Wildman–Crippen LogP) is 1.41. The first-order valence-corrected chi connectivity index (χ1v) is 7.32. The summed E-state index contributed by atoms with van der Waals surface area (Å²) in [7, 11) is 0. The molecule has 1 aromatic carbocycles. The van der Waals surface area contributed by atoms with Crippen molar-refractivity contribution in [3.63, 3.8) is 0 Å². The number of hydrogen-bond acceptors (Lipinski definition) is 4. The molecule has 5 N–H and O–H groups in total. The molecule has 0 spiro atoms. The summed E-state index contributed by atoms with van der Waals surface area (Å²) >= 11 is 0. The molecular formula is C16H25ClN4O3. The van der Waals surface area contributed by atoms with Gasteiger partial charge in [-0.2, -0.15) is 0 Å². The van der Waals surface area contributed by atoms with Crippen molar-refractivity contribution in [3.05, 3.63) is 23.8 Å². The third kappa shape index (κ3) is 6.97. The van der Waals surface area contributed by atoms with Crippen molar-refractivity contribution in [2.24, 2.45) is 11.1 Å². The zero-order valence-electron chi connectivity index (χ0n) is 14.4. The Morgan fingerprint density at radius 3 is 2.25 bits per heavy atom. The minimum atomic E-state index is -0.516. The SMILES string of the molecule is Cc1ccc(NC(=O)CNC(=O)CN)cc1NC(=O)C(C)(C)C.Cl. The van der Waals surface area contributed by atoms with Gasteiger partial charge in [-0.25, -0.2) is 0 Å². The number of halogens is 1.